The molecule has 5 nitrogen and oxygen atoms in total. The first-order chi connectivity index (χ1) is 5.23. The number of rotatable bonds is 3. The quantitative estimate of drug-likeness (QED) is 0.286. The summed E-state index contributed by atoms with van der Waals surface area (Å²) < 4.78 is 57.2. The van der Waals surface area contributed by atoms with Crippen LogP contribution in [-0.4, -0.2) is 30.8 Å². The molecule has 0 rings (SSSR count). The molecule has 0 N–H and O–H groups in total. The Kier molecular flexibility index (Phi) is 6.28. The third-order valence-corrected chi connectivity index (χ3v) is 1.62. The third kappa shape index (κ3) is 3.86. The first-order valence-corrected chi connectivity index (χ1v) is 4.14. The van der Waals surface area contributed by atoms with Gasteiger partial charge in [-0.2, -0.15) is 8.78 Å². The predicted octanol–water partition coefficient (Wildman–Crippen LogP) is -3.31. The number of carbonyl (C=O) groups excluding carboxylic acids is 1. The number of esters is 1. The maximum absolute atomic E-state index is 12.1. The molecule has 0 aliphatic rings. The summed E-state index contributed by atoms with van der Waals surface area (Å²) in [4.78, 5) is 10.2. The Balaban J connectivity index is 0. The summed E-state index contributed by atoms with van der Waals surface area (Å²) in [6.07, 6.45) is 0. The standard InChI is InChI=1S/C4H6F2O5S.Na/c1-2-11-3(7)4(5,6)12(8,9)10;/h2H2,1H3,(H,8,9,10);/q;+1/p-1. The number of alkyl halides is 2. The molecule has 0 heterocycles. The van der Waals surface area contributed by atoms with Gasteiger partial charge in [0.1, 0.15) is 0 Å². The number of hydrogen-bond donors (Lipinski definition) is 0. The Labute approximate surface area is 95.5 Å². The van der Waals surface area contributed by atoms with Gasteiger partial charge in [-0.3, -0.25) is 0 Å². The molecule has 0 aliphatic heterocycles. The van der Waals surface area contributed by atoms with Crippen LogP contribution in [0.5, 0.6) is 0 Å². The zero-order chi connectivity index (χ0) is 9.99. The van der Waals surface area contributed by atoms with E-state index in [0.717, 1.165) is 0 Å². The van der Waals surface area contributed by atoms with E-state index in [1.54, 1.807) is 0 Å². The van der Waals surface area contributed by atoms with Crippen LogP contribution in [0.4, 0.5) is 8.78 Å². The zero-order valence-corrected chi connectivity index (χ0v) is 9.73. The third-order valence-electron chi connectivity index (χ3n) is 0.827. The average molecular weight is 226 g/mol. The molecule has 0 bridgehead atoms. The van der Waals surface area contributed by atoms with Gasteiger partial charge in [-0.25, -0.2) is 13.2 Å². The van der Waals surface area contributed by atoms with Crippen molar-refractivity contribution in [3.8, 4) is 0 Å². The molecule has 0 aromatic rings. The van der Waals surface area contributed by atoms with Crippen molar-refractivity contribution in [3.63, 3.8) is 0 Å². The smallest absolute Gasteiger partial charge is 0.743 e. The molecule has 72 valence electrons. The average Bonchev–Trinajstić information content (AvgIpc) is 1.85. The monoisotopic (exact) mass is 226 g/mol. The van der Waals surface area contributed by atoms with Gasteiger partial charge in [-0.1, -0.05) is 0 Å². The molecule has 0 aliphatic carbocycles. The van der Waals surface area contributed by atoms with E-state index in [1.807, 2.05) is 0 Å². The predicted molar refractivity (Wildman–Crippen MR) is 31.3 cm³/mol. The van der Waals surface area contributed by atoms with Gasteiger partial charge in [0.05, 0.1) is 6.61 Å². The van der Waals surface area contributed by atoms with E-state index >= 15 is 0 Å². The van der Waals surface area contributed by atoms with E-state index in [0.29, 0.717) is 0 Å². The summed E-state index contributed by atoms with van der Waals surface area (Å²) in [5, 5.41) is -5.00. The number of halogens is 2. The number of carbonyl (C=O) groups is 1. The van der Waals surface area contributed by atoms with Crippen LogP contribution < -0.4 is 29.6 Å². The Morgan fingerprint density at radius 3 is 2.15 bits per heavy atom. The van der Waals surface area contributed by atoms with Crippen LogP contribution >= 0.6 is 0 Å². The Morgan fingerprint density at radius 2 is 1.92 bits per heavy atom. The van der Waals surface area contributed by atoms with E-state index in [-0.39, 0.29) is 29.6 Å². The Bertz CT molecular complexity index is 274. The molecule has 0 spiro atoms. The van der Waals surface area contributed by atoms with Crippen molar-refractivity contribution in [3.05, 3.63) is 0 Å². The second-order valence-corrected chi connectivity index (χ2v) is 3.11. The van der Waals surface area contributed by atoms with E-state index in [9.17, 15) is 26.5 Å². The summed E-state index contributed by atoms with van der Waals surface area (Å²) in [5.74, 6) is -2.35. The number of ether oxygens (including phenoxy) is 1. The summed E-state index contributed by atoms with van der Waals surface area (Å²) in [6, 6.07) is 0. The minimum absolute atomic E-state index is 0. The topological polar surface area (TPSA) is 83.5 Å². The van der Waals surface area contributed by atoms with Crippen molar-refractivity contribution in [2.75, 3.05) is 6.61 Å². The fourth-order valence-corrected chi connectivity index (χ4v) is 0.580. The fraction of sp³-hybridized carbons (Fsp3) is 0.750. The van der Waals surface area contributed by atoms with Gasteiger partial charge >= 0.3 is 40.8 Å². The molecule has 0 atom stereocenters. The van der Waals surface area contributed by atoms with Gasteiger partial charge in [-0.05, 0) is 6.92 Å². The van der Waals surface area contributed by atoms with Crippen LogP contribution in [0.25, 0.3) is 0 Å². The van der Waals surface area contributed by atoms with Crippen LogP contribution in [0.15, 0.2) is 0 Å². The van der Waals surface area contributed by atoms with Crippen molar-refractivity contribution in [1.29, 1.82) is 0 Å². The molecule has 0 unspecified atom stereocenters. The van der Waals surface area contributed by atoms with Gasteiger partial charge in [0.15, 0.2) is 10.1 Å². The molecule has 0 saturated heterocycles. The van der Waals surface area contributed by atoms with Gasteiger partial charge in [0, 0.05) is 0 Å². The van der Waals surface area contributed by atoms with E-state index in [1.165, 1.54) is 6.92 Å². The van der Waals surface area contributed by atoms with Crippen LogP contribution in [0.1, 0.15) is 6.92 Å². The molecule has 9 heteroatoms. The maximum atomic E-state index is 12.1. The molecule has 13 heavy (non-hydrogen) atoms. The molecule has 0 fully saturated rings. The van der Waals surface area contributed by atoms with Crippen molar-refractivity contribution >= 4 is 16.1 Å². The van der Waals surface area contributed by atoms with Crippen LogP contribution in [0.3, 0.4) is 0 Å². The summed E-state index contributed by atoms with van der Waals surface area (Å²) in [7, 11) is -5.98. The van der Waals surface area contributed by atoms with Crippen molar-refractivity contribution in [2.45, 2.75) is 12.2 Å². The summed E-state index contributed by atoms with van der Waals surface area (Å²) >= 11 is 0. The molecule has 0 aromatic heterocycles. The van der Waals surface area contributed by atoms with Gasteiger partial charge in [-0.15, -0.1) is 0 Å². The summed E-state index contributed by atoms with van der Waals surface area (Å²) in [5.41, 5.74) is 0. The van der Waals surface area contributed by atoms with Crippen molar-refractivity contribution in [2.24, 2.45) is 0 Å². The minimum Gasteiger partial charge on any atom is -0.743 e. The zero-order valence-electron chi connectivity index (χ0n) is 6.91. The van der Waals surface area contributed by atoms with Gasteiger partial charge in [0.25, 0.3) is 0 Å². The van der Waals surface area contributed by atoms with Gasteiger partial charge < -0.3 is 9.29 Å². The van der Waals surface area contributed by atoms with E-state index < -0.39 is 27.9 Å². The molecule has 0 amide bonds. The normalized spacial score (nSPS) is 11.7. The van der Waals surface area contributed by atoms with Gasteiger partial charge in [0.2, 0.25) is 0 Å². The van der Waals surface area contributed by atoms with Crippen molar-refractivity contribution in [1.82, 2.24) is 0 Å². The molecule has 0 aromatic carbocycles. The Morgan fingerprint density at radius 1 is 1.54 bits per heavy atom. The second-order valence-electron chi connectivity index (χ2n) is 1.69. The minimum atomic E-state index is -5.98. The van der Waals surface area contributed by atoms with Crippen LogP contribution in [0.2, 0.25) is 0 Å². The fourth-order valence-electron chi connectivity index (χ4n) is 0.317. The second kappa shape index (κ2) is 5.20. The first kappa shape index (κ1) is 15.7. The maximum Gasteiger partial charge on any atom is 1.00 e. The molecular weight excluding hydrogens is 221 g/mol. The Hall–Kier alpha value is 0.240. The molecule has 0 radical (unpaired) electrons. The SMILES string of the molecule is CCOC(=O)C(F)(F)S(=O)(=O)[O-].[Na+]. The summed E-state index contributed by atoms with van der Waals surface area (Å²) in [6.45, 7) is 0.773. The van der Waals surface area contributed by atoms with E-state index in [4.69, 9.17) is 0 Å². The molecular formula is C4H5F2NaO5S. The van der Waals surface area contributed by atoms with Crippen molar-refractivity contribution < 1.29 is 60.8 Å². The van der Waals surface area contributed by atoms with Crippen LogP contribution in [0, 0.1) is 0 Å². The largest absolute Gasteiger partial charge is 1.00 e. The molecule has 0 saturated carbocycles. The number of hydrogen-bond acceptors (Lipinski definition) is 5. The first-order valence-electron chi connectivity index (χ1n) is 2.74. The van der Waals surface area contributed by atoms with E-state index in [2.05, 4.69) is 4.74 Å². The van der Waals surface area contributed by atoms with Crippen LogP contribution in [-0.2, 0) is 19.6 Å².